The highest BCUT2D eigenvalue weighted by Gasteiger charge is 2.15. The fourth-order valence-electron chi connectivity index (χ4n) is 2.12. The molecule has 3 rings (SSSR count). The Morgan fingerprint density at radius 2 is 1.92 bits per heavy atom. The van der Waals surface area contributed by atoms with Crippen LogP contribution in [0.1, 0.15) is 13.8 Å². The zero-order chi connectivity index (χ0) is 17.8. The molecule has 1 atom stereocenters. The topological polar surface area (TPSA) is 57.7 Å². The molecule has 0 saturated carbocycles. The number of hydrogen-bond donors (Lipinski definition) is 0. The van der Waals surface area contributed by atoms with Crippen LogP contribution in [0, 0.1) is 5.82 Å². The number of carbonyl (C=O) groups excluding carboxylic acids is 1. The summed E-state index contributed by atoms with van der Waals surface area (Å²) in [5, 5.41) is 0.425. The van der Waals surface area contributed by atoms with Gasteiger partial charge in [-0.25, -0.2) is 14.2 Å². The molecule has 0 N–H and O–H groups in total. The van der Waals surface area contributed by atoms with Gasteiger partial charge in [-0.05, 0) is 56.3 Å². The van der Waals surface area contributed by atoms with Gasteiger partial charge in [0.15, 0.2) is 6.10 Å². The van der Waals surface area contributed by atoms with Crippen LogP contribution in [0.4, 0.5) is 4.39 Å². The highest BCUT2D eigenvalue weighted by atomic mass is 32.1. The summed E-state index contributed by atoms with van der Waals surface area (Å²) in [5.41, 5.74) is 0.685. The Labute approximate surface area is 148 Å². The molecule has 0 bridgehead atoms. The van der Waals surface area contributed by atoms with E-state index in [2.05, 4.69) is 4.98 Å². The van der Waals surface area contributed by atoms with Gasteiger partial charge in [0.1, 0.15) is 17.3 Å². The fourth-order valence-corrected chi connectivity index (χ4v) is 2.98. The summed E-state index contributed by atoms with van der Waals surface area (Å²) in [6.07, 6.45) is -0.689. The Kier molecular flexibility index (Phi) is 5.14. The van der Waals surface area contributed by atoms with Crippen LogP contribution >= 0.6 is 11.3 Å². The lowest BCUT2D eigenvalue weighted by molar-refractivity contribution is -0.150. The summed E-state index contributed by atoms with van der Waals surface area (Å²) in [7, 11) is 0. The monoisotopic (exact) mass is 361 g/mol. The van der Waals surface area contributed by atoms with E-state index in [0.29, 0.717) is 28.8 Å². The number of esters is 1. The van der Waals surface area contributed by atoms with Crippen LogP contribution < -0.4 is 9.47 Å². The minimum absolute atomic E-state index is 0.306. The Hall–Kier alpha value is -2.67. The molecule has 1 heterocycles. The molecule has 5 nitrogen and oxygen atoms in total. The van der Waals surface area contributed by atoms with Crippen LogP contribution in [-0.2, 0) is 9.53 Å². The van der Waals surface area contributed by atoms with Crippen molar-refractivity contribution in [1.82, 2.24) is 4.98 Å². The fraction of sp³-hybridized carbons (Fsp3) is 0.222. The lowest BCUT2D eigenvalue weighted by atomic mass is 10.3. The lowest BCUT2D eigenvalue weighted by Crippen LogP contribution is -2.25. The van der Waals surface area contributed by atoms with E-state index in [9.17, 15) is 9.18 Å². The molecule has 0 fully saturated rings. The van der Waals surface area contributed by atoms with Crippen molar-refractivity contribution in [2.24, 2.45) is 0 Å². The van der Waals surface area contributed by atoms with Gasteiger partial charge in [-0.3, -0.25) is 0 Å². The molecule has 0 aliphatic carbocycles. The van der Waals surface area contributed by atoms with Crippen molar-refractivity contribution in [3.8, 4) is 16.7 Å². The van der Waals surface area contributed by atoms with E-state index >= 15 is 0 Å². The Morgan fingerprint density at radius 3 is 2.64 bits per heavy atom. The number of benzene rings is 2. The molecule has 0 amide bonds. The third-order valence-electron chi connectivity index (χ3n) is 3.29. The van der Waals surface area contributed by atoms with Crippen LogP contribution in [0.15, 0.2) is 42.5 Å². The maximum Gasteiger partial charge on any atom is 0.347 e. The van der Waals surface area contributed by atoms with Gasteiger partial charge in [-0.15, -0.1) is 0 Å². The molecule has 7 heteroatoms. The normalized spacial score (nSPS) is 12.0. The molecule has 0 saturated heterocycles. The van der Waals surface area contributed by atoms with Crippen LogP contribution in [-0.4, -0.2) is 23.7 Å². The molecular formula is C18H16FNO4S. The average Bonchev–Trinajstić information content (AvgIpc) is 2.98. The predicted octanol–water partition coefficient (Wildman–Crippen LogP) is 4.56. The molecule has 0 aliphatic heterocycles. The highest BCUT2D eigenvalue weighted by Crippen LogP contribution is 2.32. The Bertz CT molecular complexity index is 878. The Balaban J connectivity index is 1.66. The highest BCUT2D eigenvalue weighted by molar-refractivity contribution is 7.20. The van der Waals surface area contributed by atoms with E-state index in [4.69, 9.17) is 14.2 Å². The van der Waals surface area contributed by atoms with Gasteiger partial charge >= 0.3 is 5.97 Å². The summed E-state index contributed by atoms with van der Waals surface area (Å²) in [4.78, 5) is 15.9. The first-order valence-corrected chi connectivity index (χ1v) is 8.54. The summed E-state index contributed by atoms with van der Waals surface area (Å²) in [6, 6.07) is 11.2. The largest absolute Gasteiger partial charge is 0.479 e. The maximum atomic E-state index is 13.2. The third kappa shape index (κ3) is 4.24. The van der Waals surface area contributed by atoms with E-state index in [1.807, 2.05) is 0 Å². The predicted molar refractivity (Wildman–Crippen MR) is 92.8 cm³/mol. The molecule has 0 unspecified atom stereocenters. The van der Waals surface area contributed by atoms with Gasteiger partial charge in [0.25, 0.3) is 5.19 Å². The van der Waals surface area contributed by atoms with E-state index in [1.165, 1.54) is 23.5 Å². The summed E-state index contributed by atoms with van der Waals surface area (Å²) in [5.74, 6) is 0.374. The van der Waals surface area contributed by atoms with E-state index in [1.54, 1.807) is 44.2 Å². The molecule has 0 spiro atoms. The van der Waals surface area contributed by atoms with Crippen LogP contribution in [0.5, 0.6) is 16.7 Å². The van der Waals surface area contributed by atoms with E-state index in [-0.39, 0.29) is 5.82 Å². The molecule has 130 valence electrons. The zero-order valence-electron chi connectivity index (χ0n) is 13.7. The number of ether oxygens (including phenoxy) is 3. The third-order valence-corrected chi connectivity index (χ3v) is 4.19. The number of thiazole rings is 1. The number of halogens is 1. The SMILES string of the molecule is CCOC(=O)[C@@H](C)Oc1ccc(Oc2nc3ccc(F)cc3s2)cc1. The second-order valence-corrected chi connectivity index (χ2v) is 6.17. The molecular weight excluding hydrogens is 345 g/mol. The molecule has 2 aromatic carbocycles. The minimum atomic E-state index is -0.689. The van der Waals surface area contributed by atoms with Gasteiger partial charge in [-0.2, -0.15) is 0 Å². The first-order valence-electron chi connectivity index (χ1n) is 7.72. The number of fused-ring (bicyclic) bond motifs is 1. The van der Waals surface area contributed by atoms with Crippen molar-refractivity contribution in [2.45, 2.75) is 20.0 Å². The van der Waals surface area contributed by atoms with Crippen LogP contribution in [0.3, 0.4) is 0 Å². The second-order valence-electron chi connectivity index (χ2n) is 5.18. The van der Waals surface area contributed by atoms with Crippen molar-refractivity contribution < 1.29 is 23.4 Å². The van der Waals surface area contributed by atoms with Gasteiger partial charge in [0.05, 0.1) is 16.8 Å². The van der Waals surface area contributed by atoms with Crippen molar-refractivity contribution >= 4 is 27.5 Å². The van der Waals surface area contributed by atoms with Crippen LogP contribution in [0.25, 0.3) is 10.2 Å². The molecule has 1 aromatic heterocycles. The zero-order valence-corrected chi connectivity index (χ0v) is 14.5. The molecule has 25 heavy (non-hydrogen) atoms. The maximum absolute atomic E-state index is 13.2. The van der Waals surface area contributed by atoms with Crippen molar-refractivity contribution in [1.29, 1.82) is 0 Å². The lowest BCUT2D eigenvalue weighted by Gasteiger charge is -2.13. The number of carbonyl (C=O) groups is 1. The molecule has 0 radical (unpaired) electrons. The van der Waals surface area contributed by atoms with E-state index < -0.39 is 12.1 Å². The van der Waals surface area contributed by atoms with E-state index in [0.717, 1.165) is 4.70 Å². The first kappa shape index (κ1) is 17.2. The quantitative estimate of drug-likeness (QED) is 0.603. The van der Waals surface area contributed by atoms with Crippen molar-refractivity contribution in [3.63, 3.8) is 0 Å². The summed E-state index contributed by atoms with van der Waals surface area (Å²) in [6.45, 7) is 3.68. The average molecular weight is 361 g/mol. The van der Waals surface area contributed by atoms with Gasteiger partial charge in [-0.1, -0.05) is 11.3 Å². The van der Waals surface area contributed by atoms with Crippen molar-refractivity contribution in [3.05, 3.63) is 48.3 Å². The number of rotatable bonds is 6. The standard InChI is InChI=1S/C18H16FNO4S/c1-3-22-17(21)11(2)23-13-5-7-14(8-6-13)24-18-20-15-9-4-12(19)10-16(15)25-18/h4-11H,3H2,1-2H3/t11-/m1/s1. The van der Waals surface area contributed by atoms with Gasteiger partial charge in [0, 0.05) is 0 Å². The smallest absolute Gasteiger partial charge is 0.347 e. The first-order chi connectivity index (χ1) is 12.0. The summed E-state index contributed by atoms with van der Waals surface area (Å²) < 4.78 is 30.0. The molecule has 0 aliphatic rings. The van der Waals surface area contributed by atoms with Crippen LogP contribution in [0.2, 0.25) is 0 Å². The number of aromatic nitrogens is 1. The van der Waals surface area contributed by atoms with Gasteiger partial charge in [0.2, 0.25) is 0 Å². The van der Waals surface area contributed by atoms with Crippen molar-refractivity contribution in [2.75, 3.05) is 6.61 Å². The number of hydrogen-bond acceptors (Lipinski definition) is 6. The summed E-state index contributed by atoms with van der Waals surface area (Å²) >= 11 is 1.26. The molecule has 3 aromatic rings. The minimum Gasteiger partial charge on any atom is -0.479 e. The Morgan fingerprint density at radius 1 is 1.20 bits per heavy atom. The number of nitrogens with zero attached hydrogens (tertiary/aromatic N) is 1. The second kappa shape index (κ2) is 7.48. The van der Waals surface area contributed by atoms with Gasteiger partial charge < -0.3 is 14.2 Å².